The van der Waals surface area contributed by atoms with Crippen LogP contribution in [0.5, 0.6) is 5.88 Å². The van der Waals surface area contributed by atoms with Gasteiger partial charge >= 0.3 is 0 Å². The van der Waals surface area contributed by atoms with E-state index >= 15 is 0 Å². The molecular formula is C14H15N3O2. The van der Waals surface area contributed by atoms with Crippen molar-refractivity contribution in [1.82, 2.24) is 4.98 Å². The molecule has 19 heavy (non-hydrogen) atoms. The molecule has 3 N–H and O–H groups in total. The third-order valence-electron chi connectivity index (χ3n) is 2.71. The van der Waals surface area contributed by atoms with Crippen LogP contribution in [-0.4, -0.2) is 16.0 Å². The summed E-state index contributed by atoms with van der Waals surface area (Å²) in [6.07, 6.45) is 1.41. The summed E-state index contributed by atoms with van der Waals surface area (Å²) in [6, 6.07) is 13.3. The first-order valence-electron chi connectivity index (χ1n) is 5.86. The van der Waals surface area contributed by atoms with E-state index in [1.807, 2.05) is 37.3 Å². The number of oxime groups is 1. The normalized spacial score (nSPS) is 13.0. The molecule has 1 aromatic heterocycles. The number of amidine groups is 1. The molecule has 0 aliphatic carbocycles. The molecule has 0 fully saturated rings. The largest absolute Gasteiger partial charge is 0.470 e. The van der Waals surface area contributed by atoms with Gasteiger partial charge in [-0.2, -0.15) is 0 Å². The summed E-state index contributed by atoms with van der Waals surface area (Å²) in [6.45, 7) is 1.95. The molecule has 1 heterocycles. The van der Waals surface area contributed by atoms with Gasteiger partial charge in [-0.3, -0.25) is 0 Å². The van der Waals surface area contributed by atoms with Gasteiger partial charge in [0, 0.05) is 17.8 Å². The summed E-state index contributed by atoms with van der Waals surface area (Å²) in [5.41, 5.74) is 7.07. The third-order valence-corrected chi connectivity index (χ3v) is 2.71. The SMILES string of the molecule is CC(Oc1ccc(/C(N)=N/O)cn1)c1ccccc1. The molecular weight excluding hydrogens is 242 g/mol. The number of pyridine rings is 1. The van der Waals surface area contributed by atoms with E-state index in [-0.39, 0.29) is 11.9 Å². The molecule has 5 heteroatoms. The van der Waals surface area contributed by atoms with Gasteiger partial charge in [-0.1, -0.05) is 35.5 Å². The maximum Gasteiger partial charge on any atom is 0.213 e. The highest BCUT2D eigenvalue weighted by molar-refractivity contribution is 5.96. The van der Waals surface area contributed by atoms with Crippen LogP contribution in [0.2, 0.25) is 0 Å². The van der Waals surface area contributed by atoms with Crippen molar-refractivity contribution in [2.45, 2.75) is 13.0 Å². The van der Waals surface area contributed by atoms with Gasteiger partial charge in [-0.05, 0) is 18.6 Å². The Hall–Kier alpha value is -2.56. The monoisotopic (exact) mass is 257 g/mol. The molecule has 1 atom stereocenters. The van der Waals surface area contributed by atoms with Gasteiger partial charge in [0.2, 0.25) is 5.88 Å². The van der Waals surface area contributed by atoms with Crippen molar-refractivity contribution < 1.29 is 9.94 Å². The number of ether oxygens (including phenoxy) is 1. The van der Waals surface area contributed by atoms with Gasteiger partial charge in [0.15, 0.2) is 5.84 Å². The zero-order valence-corrected chi connectivity index (χ0v) is 10.5. The van der Waals surface area contributed by atoms with Gasteiger partial charge in [-0.25, -0.2) is 4.98 Å². The standard InChI is InChI=1S/C14H15N3O2/c1-10(11-5-3-2-4-6-11)19-13-8-7-12(9-16-13)14(15)17-18/h2-10,18H,1H3,(H2,15,17). The van der Waals surface area contributed by atoms with E-state index < -0.39 is 0 Å². The summed E-state index contributed by atoms with van der Waals surface area (Å²) < 4.78 is 5.71. The van der Waals surface area contributed by atoms with Gasteiger partial charge in [0.05, 0.1) is 0 Å². The highest BCUT2D eigenvalue weighted by atomic mass is 16.5. The van der Waals surface area contributed by atoms with Crippen LogP contribution in [0.1, 0.15) is 24.2 Å². The molecule has 0 aliphatic rings. The van der Waals surface area contributed by atoms with E-state index in [0.717, 1.165) is 5.56 Å². The first-order valence-corrected chi connectivity index (χ1v) is 5.86. The lowest BCUT2D eigenvalue weighted by molar-refractivity contribution is 0.217. The minimum Gasteiger partial charge on any atom is -0.470 e. The Balaban J connectivity index is 2.08. The average Bonchev–Trinajstić information content (AvgIpc) is 2.48. The summed E-state index contributed by atoms with van der Waals surface area (Å²) >= 11 is 0. The van der Waals surface area contributed by atoms with E-state index in [1.165, 1.54) is 6.20 Å². The number of hydrogen-bond donors (Lipinski definition) is 2. The molecule has 0 radical (unpaired) electrons. The average molecular weight is 257 g/mol. The van der Waals surface area contributed by atoms with Crippen molar-refractivity contribution in [2.75, 3.05) is 0 Å². The molecule has 1 unspecified atom stereocenters. The van der Waals surface area contributed by atoms with Crippen LogP contribution in [0.3, 0.4) is 0 Å². The van der Waals surface area contributed by atoms with E-state index in [2.05, 4.69) is 10.1 Å². The van der Waals surface area contributed by atoms with Crippen LogP contribution >= 0.6 is 0 Å². The molecule has 0 amide bonds. The molecule has 0 spiro atoms. The fourth-order valence-electron chi connectivity index (χ4n) is 1.63. The second kappa shape index (κ2) is 5.86. The zero-order chi connectivity index (χ0) is 13.7. The van der Waals surface area contributed by atoms with Crippen LogP contribution in [0.25, 0.3) is 0 Å². The molecule has 0 aliphatic heterocycles. The van der Waals surface area contributed by atoms with E-state index in [9.17, 15) is 0 Å². The van der Waals surface area contributed by atoms with Crippen LogP contribution in [0, 0.1) is 0 Å². The molecule has 1 aromatic carbocycles. The van der Waals surface area contributed by atoms with Crippen molar-refractivity contribution in [3.8, 4) is 5.88 Å². The lowest BCUT2D eigenvalue weighted by Gasteiger charge is -2.14. The Kier molecular flexibility index (Phi) is 3.97. The maximum absolute atomic E-state index is 8.56. The van der Waals surface area contributed by atoms with E-state index in [4.69, 9.17) is 15.7 Å². The van der Waals surface area contributed by atoms with Crippen molar-refractivity contribution in [3.05, 3.63) is 59.8 Å². The molecule has 5 nitrogen and oxygen atoms in total. The van der Waals surface area contributed by atoms with Gasteiger partial charge in [-0.15, -0.1) is 0 Å². The summed E-state index contributed by atoms with van der Waals surface area (Å²) in [7, 11) is 0. The minimum atomic E-state index is -0.0941. The zero-order valence-electron chi connectivity index (χ0n) is 10.5. The summed E-state index contributed by atoms with van der Waals surface area (Å²) in [5.74, 6) is 0.515. The number of nitrogens with zero attached hydrogens (tertiary/aromatic N) is 2. The Morgan fingerprint density at radius 2 is 2.00 bits per heavy atom. The van der Waals surface area contributed by atoms with Gasteiger partial charge in [0.1, 0.15) is 6.10 Å². The van der Waals surface area contributed by atoms with Crippen LogP contribution in [-0.2, 0) is 0 Å². The van der Waals surface area contributed by atoms with Crippen molar-refractivity contribution in [1.29, 1.82) is 0 Å². The number of rotatable bonds is 4. The Bertz CT molecular complexity index is 553. The second-order valence-electron chi connectivity index (χ2n) is 4.04. The topological polar surface area (TPSA) is 80.7 Å². The van der Waals surface area contributed by atoms with Crippen molar-refractivity contribution >= 4 is 5.84 Å². The smallest absolute Gasteiger partial charge is 0.213 e. The fraction of sp³-hybridized carbons (Fsp3) is 0.143. The molecule has 0 saturated carbocycles. The second-order valence-corrected chi connectivity index (χ2v) is 4.04. The van der Waals surface area contributed by atoms with E-state index in [1.54, 1.807) is 12.1 Å². The van der Waals surface area contributed by atoms with Crippen molar-refractivity contribution in [3.63, 3.8) is 0 Å². The first-order chi connectivity index (χ1) is 9.20. The number of hydrogen-bond acceptors (Lipinski definition) is 4. The summed E-state index contributed by atoms with van der Waals surface area (Å²) in [5, 5.41) is 11.5. The Morgan fingerprint density at radius 3 is 2.58 bits per heavy atom. The molecule has 2 aromatic rings. The number of benzene rings is 1. The quantitative estimate of drug-likeness (QED) is 0.381. The lowest BCUT2D eigenvalue weighted by atomic mass is 10.1. The molecule has 0 bridgehead atoms. The fourth-order valence-corrected chi connectivity index (χ4v) is 1.63. The third kappa shape index (κ3) is 3.22. The minimum absolute atomic E-state index is 0.0233. The summed E-state index contributed by atoms with van der Waals surface area (Å²) in [4.78, 5) is 4.12. The molecule has 2 rings (SSSR count). The Morgan fingerprint density at radius 1 is 1.26 bits per heavy atom. The van der Waals surface area contributed by atoms with Gasteiger partial charge < -0.3 is 15.7 Å². The molecule has 98 valence electrons. The maximum atomic E-state index is 8.56. The molecule has 0 saturated heterocycles. The Labute approximate surface area is 111 Å². The highest BCUT2D eigenvalue weighted by Gasteiger charge is 2.08. The number of aromatic nitrogens is 1. The lowest BCUT2D eigenvalue weighted by Crippen LogP contribution is -2.13. The van der Waals surface area contributed by atoms with Crippen LogP contribution in [0.4, 0.5) is 0 Å². The number of nitrogens with two attached hydrogens (primary N) is 1. The predicted molar refractivity (Wildman–Crippen MR) is 72.2 cm³/mol. The first kappa shape index (κ1) is 12.9. The van der Waals surface area contributed by atoms with Crippen LogP contribution < -0.4 is 10.5 Å². The van der Waals surface area contributed by atoms with Crippen molar-refractivity contribution in [2.24, 2.45) is 10.9 Å². The van der Waals surface area contributed by atoms with E-state index in [0.29, 0.717) is 11.4 Å². The predicted octanol–water partition coefficient (Wildman–Crippen LogP) is 2.32. The highest BCUT2D eigenvalue weighted by Crippen LogP contribution is 2.19. The van der Waals surface area contributed by atoms with Crippen LogP contribution in [0.15, 0.2) is 53.8 Å². The van der Waals surface area contributed by atoms with Gasteiger partial charge in [0.25, 0.3) is 0 Å².